The van der Waals surface area contributed by atoms with E-state index in [1.807, 2.05) is 31.2 Å². The molecule has 15 heavy (non-hydrogen) atoms. The van der Waals surface area contributed by atoms with Crippen molar-refractivity contribution in [2.75, 3.05) is 14.2 Å². The van der Waals surface area contributed by atoms with Crippen molar-refractivity contribution in [3.63, 3.8) is 0 Å². The zero-order valence-electron chi connectivity index (χ0n) is 9.23. The van der Waals surface area contributed by atoms with Gasteiger partial charge in [-0.3, -0.25) is 9.63 Å². The van der Waals surface area contributed by atoms with E-state index in [2.05, 4.69) is 0 Å². The molecule has 1 aliphatic rings. The molecule has 0 aromatic carbocycles. The Labute approximate surface area is 90.0 Å². The number of hydrogen-bond acceptors (Lipinski definition) is 2. The van der Waals surface area contributed by atoms with Crippen LogP contribution in [0.5, 0.6) is 0 Å². The highest BCUT2D eigenvalue weighted by Gasteiger charge is 2.11. The molecule has 0 N–H and O–H groups in total. The Morgan fingerprint density at radius 3 is 2.60 bits per heavy atom. The van der Waals surface area contributed by atoms with Gasteiger partial charge in [0.15, 0.2) is 0 Å². The monoisotopic (exact) mass is 205 g/mol. The minimum absolute atomic E-state index is 0.161. The Kier molecular flexibility index (Phi) is 4.06. The Morgan fingerprint density at radius 1 is 1.27 bits per heavy atom. The maximum absolute atomic E-state index is 11.7. The first-order valence-electron chi connectivity index (χ1n) is 4.70. The summed E-state index contributed by atoms with van der Waals surface area (Å²) in [6, 6.07) is 0. The highest BCUT2D eigenvalue weighted by Crippen LogP contribution is 2.08. The van der Waals surface area contributed by atoms with Gasteiger partial charge in [0.1, 0.15) is 0 Å². The van der Waals surface area contributed by atoms with Crippen LogP contribution in [0.15, 0.2) is 47.6 Å². The van der Waals surface area contributed by atoms with Gasteiger partial charge >= 0.3 is 0 Å². The molecule has 80 valence electrons. The van der Waals surface area contributed by atoms with Crippen LogP contribution >= 0.6 is 0 Å². The van der Waals surface area contributed by atoms with Crippen molar-refractivity contribution in [1.29, 1.82) is 0 Å². The lowest BCUT2D eigenvalue weighted by Gasteiger charge is -2.13. The standard InChI is InChI=1S/C12H15NO2/c1-10-6-4-8-11(9-5-7-10)12(14)13(2)15-3/h4-9H,1-3H3/b6-4-,7-5?,8-4?,9-5?,10-6?,10-7-,11-8?,11-9?. The Morgan fingerprint density at radius 2 is 1.93 bits per heavy atom. The normalized spacial score (nSPS) is 20.7. The fourth-order valence-electron chi connectivity index (χ4n) is 1.13. The second-order valence-electron chi connectivity index (χ2n) is 3.24. The van der Waals surface area contributed by atoms with Gasteiger partial charge in [-0.25, -0.2) is 5.06 Å². The first-order chi connectivity index (χ1) is 7.15. The molecule has 0 saturated heterocycles. The summed E-state index contributed by atoms with van der Waals surface area (Å²) in [5.41, 5.74) is 1.74. The maximum atomic E-state index is 11.7. The lowest BCUT2D eigenvalue weighted by atomic mass is 10.1. The second-order valence-corrected chi connectivity index (χ2v) is 3.24. The molecule has 0 atom stereocenters. The quantitative estimate of drug-likeness (QED) is 0.645. The Hall–Kier alpha value is -1.61. The van der Waals surface area contributed by atoms with E-state index in [0.29, 0.717) is 5.57 Å². The van der Waals surface area contributed by atoms with Gasteiger partial charge in [-0.15, -0.1) is 0 Å². The first-order valence-corrected chi connectivity index (χ1v) is 4.70. The topological polar surface area (TPSA) is 29.5 Å². The highest BCUT2D eigenvalue weighted by atomic mass is 16.7. The molecule has 3 heteroatoms. The van der Waals surface area contributed by atoms with Gasteiger partial charge in [0.25, 0.3) is 5.91 Å². The number of allylic oxidation sites excluding steroid dienone is 6. The largest absolute Gasteiger partial charge is 0.277 e. The molecule has 0 fully saturated rings. The molecule has 1 aliphatic carbocycles. The van der Waals surface area contributed by atoms with Crippen LogP contribution in [0.3, 0.4) is 0 Å². The summed E-state index contributed by atoms with van der Waals surface area (Å²) in [6.07, 6.45) is 11.1. The van der Waals surface area contributed by atoms with Crippen molar-refractivity contribution in [2.24, 2.45) is 0 Å². The van der Waals surface area contributed by atoms with Gasteiger partial charge < -0.3 is 0 Å². The van der Waals surface area contributed by atoms with Crippen molar-refractivity contribution in [2.45, 2.75) is 6.92 Å². The van der Waals surface area contributed by atoms with E-state index in [-0.39, 0.29) is 5.91 Å². The summed E-state index contributed by atoms with van der Waals surface area (Å²) in [5, 5.41) is 1.20. The molecule has 0 spiro atoms. The second kappa shape index (κ2) is 5.32. The van der Waals surface area contributed by atoms with Crippen molar-refractivity contribution in [3.8, 4) is 0 Å². The van der Waals surface area contributed by atoms with Crippen LogP contribution in [0.1, 0.15) is 6.92 Å². The average Bonchev–Trinajstić information content (AvgIpc) is 2.21. The molecule has 1 amide bonds. The molecule has 0 aromatic rings. The third kappa shape index (κ3) is 3.22. The van der Waals surface area contributed by atoms with Crippen molar-refractivity contribution in [1.82, 2.24) is 5.06 Å². The molecular formula is C12H15NO2. The number of rotatable bonds is 2. The van der Waals surface area contributed by atoms with Gasteiger partial charge in [0, 0.05) is 12.6 Å². The van der Waals surface area contributed by atoms with E-state index in [9.17, 15) is 4.79 Å². The van der Waals surface area contributed by atoms with Crippen molar-refractivity contribution >= 4 is 5.91 Å². The zero-order valence-corrected chi connectivity index (χ0v) is 9.23. The lowest BCUT2D eigenvalue weighted by molar-refractivity contribution is -0.163. The lowest BCUT2D eigenvalue weighted by Crippen LogP contribution is -2.26. The fraction of sp³-hybridized carbons (Fsp3) is 0.250. The van der Waals surface area contributed by atoms with Gasteiger partial charge in [-0.1, -0.05) is 29.9 Å². The summed E-state index contributed by atoms with van der Waals surface area (Å²) >= 11 is 0. The van der Waals surface area contributed by atoms with Crippen LogP contribution < -0.4 is 0 Å². The molecule has 0 radical (unpaired) electrons. The van der Waals surface area contributed by atoms with Gasteiger partial charge in [-0.05, 0) is 19.1 Å². The fourth-order valence-corrected chi connectivity index (χ4v) is 1.13. The Balaban J connectivity index is 2.85. The first kappa shape index (κ1) is 11.5. The van der Waals surface area contributed by atoms with E-state index in [1.165, 1.54) is 12.2 Å². The molecule has 1 rings (SSSR count). The summed E-state index contributed by atoms with van der Waals surface area (Å²) in [7, 11) is 3.05. The molecular weight excluding hydrogens is 190 g/mol. The van der Waals surface area contributed by atoms with Crippen molar-refractivity contribution in [3.05, 3.63) is 47.6 Å². The molecule has 0 aliphatic heterocycles. The number of carbonyl (C=O) groups is 1. The number of nitrogens with zero attached hydrogens (tertiary/aromatic N) is 1. The van der Waals surface area contributed by atoms with E-state index < -0.39 is 0 Å². The molecule has 0 bridgehead atoms. The average molecular weight is 205 g/mol. The molecule has 0 aromatic heterocycles. The molecule has 0 heterocycles. The highest BCUT2D eigenvalue weighted by molar-refractivity contribution is 5.95. The number of hydrogen-bond donors (Lipinski definition) is 0. The van der Waals surface area contributed by atoms with Crippen LogP contribution in [-0.2, 0) is 9.63 Å². The third-order valence-corrected chi connectivity index (χ3v) is 2.08. The smallest absolute Gasteiger partial charge is 0.274 e. The number of likely N-dealkylation sites (N-methyl/N-ethyl adjacent to an activating group) is 1. The predicted octanol–water partition coefficient (Wildman–Crippen LogP) is 2.00. The number of hydroxylamine groups is 2. The van der Waals surface area contributed by atoms with E-state index in [4.69, 9.17) is 4.84 Å². The predicted molar refractivity (Wildman–Crippen MR) is 59.9 cm³/mol. The van der Waals surface area contributed by atoms with Crippen LogP contribution in [0.4, 0.5) is 0 Å². The summed E-state index contributed by atoms with van der Waals surface area (Å²) in [5.74, 6) is -0.161. The van der Waals surface area contributed by atoms with Crippen LogP contribution in [0, 0.1) is 0 Å². The van der Waals surface area contributed by atoms with E-state index in [1.54, 1.807) is 19.2 Å². The minimum atomic E-state index is -0.161. The third-order valence-electron chi connectivity index (χ3n) is 2.08. The Bertz CT molecular complexity index is 362. The summed E-state index contributed by atoms with van der Waals surface area (Å²) in [4.78, 5) is 16.5. The van der Waals surface area contributed by atoms with Gasteiger partial charge in [0.05, 0.1) is 7.11 Å². The number of carbonyl (C=O) groups excluding carboxylic acids is 1. The SMILES string of the molecule is CON(C)C(=O)C1=C/C=C\C(C)=C/C=C1. The van der Waals surface area contributed by atoms with E-state index >= 15 is 0 Å². The van der Waals surface area contributed by atoms with Gasteiger partial charge in [-0.2, -0.15) is 0 Å². The van der Waals surface area contributed by atoms with Gasteiger partial charge in [0.2, 0.25) is 0 Å². The minimum Gasteiger partial charge on any atom is -0.274 e. The summed E-state index contributed by atoms with van der Waals surface area (Å²) in [6.45, 7) is 2.00. The molecule has 0 saturated carbocycles. The van der Waals surface area contributed by atoms with Crippen LogP contribution in [0.25, 0.3) is 0 Å². The van der Waals surface area contributed by atoms with E-state index in [0.717, 1.165) is 5.57 Å². The maximum Gasteiger partial charge on any atom is 0.277 e. The van der Waals surface area contributed by atoms with Crippen LogP contribution in [0.2, 0.25) is 0 Å². The number of amides is 1. The summed E-state index contributed by atoms with van der Waals surface area (Å²) < 4.78 is 0. The molecule has 3 nitrogen and oxygen atoms in total. The van der Waals surface area contributed by atoms with Crippen molar-refractivity contribution < 1.29 is 9.63 Å². The zero-order chi connectivity index (χ0) is 11.3. The van der Waals surface area contributed by atoms with Crippen LogP contribution in [-0.4, -0.2) is 25.1 Å². The molecule has 0 unspecified atom stereocenters.